The second-order valence-corrected chi connectivity index (χ2v) is 4.77. The first-order valence-electron chi connectivity index (χ1n) is 4.86. The molecule has 1 aliphatic rings. The van der Waals surface area contributed by atoms with E-state index in [-0.39, 0.29) is 24.8 Å². The van der Waals surface area contributed by atoms with Crippen molar-refractivity contribution in [2.75, 3.05) is 0 Å². The molecule has 0 saturated heterocycles. The molecule has 0 atom stereocenters. The Morgan fingerprint density at radius 3 is 2.36 bits per heavy atom. The van der Waals surface area contributed by atoms with Crippen molar-refractivity contribution >= 4 is 0 Å². The summed E-state index contributed by atoms with van der Waals surface area (Å²) in [7, 11) is 0. The fourth-order valence-electron chi connectivity index (χ4n) is 1.55. The van der Waals surface area contributed by atoms with Crippen LogP contribution in [0.3, 0.4) is 0 Å². The zero-order valence-corrected chi connectivity index (χ0v) is 12.8. The normalized spacial score (nSPS) is 14.7. The summed E-state index contributed by atoms with van der Waals surface area (Å²) in [6, 6.07) is 0. The predicted molar refractivity (Wildman–Crippen MR) is 49.5 cm³/mol. The molecule has 0 aliphatic heterocycles. The van der Waals surface area contributed by atoms with E-state index in [9.17, 15) is 0 Å². The molecule has 0 N–H and O–H groups in total. The summed E-state index contributed by atoms with van der Waals surface area (Å²) in [5.74, 6) is 0. The van der Waals surface area contributed by atoms with Crippen molar-refractivity contribution in [2.24, 2.45) is 0 Å². The number of hydrogen-bond acceptors (Lipinski definition) is 0. The molecule has 0 amide bonds. The molecule has 1 rings (SSSR count). The summed E-state index contributed by atoms with van der Waals surface area (Å²) in [4.78, 5) is 0. The summed E-state index contributed by atoms with van der Waals surface area (Å²) in [6.45, 7) is 4.54. The zero-order valence-electron chi connectivity index (χ0n) is 8.87. The summed E-state index contributed by atoms with van der Waals surface area (Å²) in [5, 5.41) is 0. The van der Waals surface area contributed by atoms with Gasteiger partial charge in [-0.25, -0.2) is 0 Å². The molecule has 0 spiro atoms. The predicted octanol–water partition coefficient (Wildman–Crippen LogP) is -2.27. The number of unbranched alkanes of at least 4 members (excludes halogenated alkanes) is 2. The third-order valence-electron chi connectivity index (χ3n) is 2.45. The van der Waals surface area contributed by atoms with E-state index in [1.54, 1.807) is 39.1 Å². The van der Waals surface area contributed by atoms with Gasteiger partial charge in [-0.15, -0.1) is 0 Å². The van der Waals surface area contributed by atoms with Crippen LogP contribution in [-0.4, -0.2) is 0 Å². The Morgan fingerprint density at radius 1 is 1.29 bits per heavy atom. The fraction of sp³-hybridized carbons (Fsp3) is 0.636. The molecule has 0 radical (unpaired) electrons. The Balaban J connectivity index is 0. The zero-order chi connectivity index (χ0) is 8.97. The maximum absolute atomic E-state index is 2.43. The third-order valence-corrected chi connectivity index (χ3v) is 4.29. The van der Waals surface area contributed by atoms with Crippen molar-refractivity contribution in [3.63, 3.8) is 0 Å². The summed E-state index contributed by atoms with van der Waals surface area (Å²) < 4.78 is 1.65. The molecule has 0 bridgehead atoms. The quantitative estimate of drug-likeness (QED) is 0.514. The molecule has 0 aromatic heterocycles. The minimum atomic E-state index is 0. The first kappa shape index (κ1) is 17.3. The average molecular weight is 311 g/mol. The van der Waals surface area contributed by atoms with E-state index in [2.05, 4.69) is 19.9 Å². The molecular formula is C11H17Cl2Zr. The molecule has 0 aromatic carbocycles. The van der Waals surface area contributed by atoms with E-state index in [1.165, 1.54) is 32.1 Å². The van der Waals surface area contributed by atoms with Crippen LogP contribution >= 0.6 is 0 Å². The van der Waals surface area contributed by atoms with E-state index < -0.39 is 0 Å². The van der Waals surface area contributed by atoms with Crippen molar-refractivity contribution in [1.29, 1.82) is 0 Å². The Bertz CT molecular complexity index is 219. The van der Waals surface area contributed by atoms with Crippen LogP contribution in [0.5, 0.6) is 0 Å². The van der Waals surface area contributed by atoms with Gasteiger partial charge in [-0.3, -0.25) is 0 Å². The molecule has 0 nitrogen and oxygen atoms in total. The standard InChI is InChI=1S/C11H17.2ClH.Zr/c1-3-4-5-6-11-8-7-10(2)9-11;;;/h8H,3-7H2,1-2H3;2*1H;/q;;;+2/p-2. The molecule has 3 heteroatoms. The van der Waals surface area contributed by atoms with Gasteiger partial charge in [0.25, 0.3) is 0 Å². The van der Waals surface area contributed by atoms with Crippen molar-refractivity contribution in [2.45, 2.75) is 46.0 Å². The van der Waals surface area contributed by atoms with Crippen molar-refractivity contribution < 1.29 is 49.5 Å². The Hall–Kier alpha value is 0.943. The maximum Gasteiger partial charge on any atom is -1.00 e. The molecule has 14 heavy (non-hydrogen) atoms. The largest absolute Gasteiger partial charge is 1.00 e. The summed E-state index contributed by atoms with van der Waals surface area (Å²) >= 11 is 1.61. The van der Waals surface area contributed by atoms with Gasteiger partial charge in [-0.05, 0) is 0 Å². The SMILES string of the molecule is CCCCCC1=CCC(C)=[C]1[Zr+2].[Cl-].[Cl-]. The maximum atomic E-state index is 2.43. The van der Waals surface area contributed by atoms with Gasteiger partial charge < -0.3 is 24.8 Å². The van der Waals surface area contributed by atoms with Crippen molar-refractivity contribution in [1.82, 2.24) is 0 Å². The molecule has 0 heterocycles. The van der Waals surface area contributed by atoms with Gasteiger partial charge in [0.1, 0.15) is 0 Å². The molecule has 79 valence electrons. The smallest absolute Gasteiger partial charge is 1.00 e. The first-order chi connectivity index (χ1) is 5.75. The average Bonchev–Trinajstić information content (AvgIpc) is 2.36. The number of hydrogen-bond donors (Lipinski definition) is 0. The van der Waals surface area contributed by atoms with Crippen LogP contribution in [0.1, 0.15) is 46.0 Å². The fourth-order valence-corrected chi connectivity index (χ4v) is 2.36. The van der Waals surface area contributed by atoms with E-state index in [1.807, 2.05) is 0 Å². The second-order valence-electron chi connectivity index (χ2n) is 3.55. The monoisotopic (exact) mass is 309 g/mol. The van der Waals surface area contributed by atoms with Gasteiger partial charge in [0, 0.05) is 0 Å². The molecule has 0 saturated carbocycles. The van der Waals surface area contributed by atoms with Gasteiger partial charge >= 0.3 is 91.2 Å². The second kappa shape index (κ2) is 9.19. The Morgan fingerprint density at radius 2 is 1.93 bits per heavy atom. The van der Waals surface area contributed by atoms with Gasteiger partial charge in [0.2, 0.25) is 0 Å². The van der Waals surface area contributed by atoms with Crippen LogP contribution in [0, 0.1) is 0 Å². The molecule has 1 aliphatic carbocycles. The van der Waals surface area contributed by atoms with Crippen LogP contribution in [0.2, 0.25) is 0 Å². The Labute approximate surface area is 115 Å². The van der Waals surface area contributed by atoms with Gasteiger partial charge in [-0.1, -0.05) is 0 Å². The number of rotatable bonds is 4. The third kappa shape index (κ3) is 5.14. The summed E-state index contributed by atoms with van der Waals surface area (Å²) in [6.07, 6.45) is 9.08. The summed E-state index contributed by atoms with van der Waals surface area (Å²) in [5.41, 5.74) is 3.26. The van der Waals surface area contributed by atoms with E-state index in [0.717, 1.165) is 0 Å². The topological polar surface area (TPSA) is 0 Å². The van der Waals surface area contributed by atoms with Gasteiger partial charge in [0.15, 0.2) is 0 Å². The van der Waals surface area contributed by atoms with Gasteiger partial charge in [-0.2, -0.15) is 0 Å². The number of halogens is 2. The van der Waals surface area contributed by atoms with Crippen LogP contribution in [0.4, 0.5) is 0 Å². The first-order valence-corrected chi connectivity index (χ1v) is 6.09. The Kier molecular flexibility index (Phi) is 11.4. The van der Waals surface area contributed by atoms with Gasteiger partial charge in [0.05, 0.1) is 0 Å². The van der Waals surface area contributed by atoms with Crippen molar-refractivity contribution in [3.8, 4) is 0 Å². The minimum Gasteiger partial charge on any atom is -1.00 e. The molecule has 0 aromatic rings. The van der Waals surface area contributed by atoms with E-state index >= 15 is 0 Å². The molecule has 0 unspecified atom stereocenters. The van der Waals surface area contributed by atoms with Crippen LogP contribution < -0.4 is 24.8 Å². The van der Waals surface area contributed by atoms with Crippen molar-refractivity contribution in [3.05, 3.63) is 20.5 Å². The minimum absolute atomic E-state index is 0. The molecule has 0 fully saturated rings. The van der Waals surface area contributed by atoms with E-state index in [0.29, 0.717) is 0 Å². The van der Waals surface area contributed by atoms with Crippen LogP contribution in [-0.2, 0) is 24.7 Å². The van der Waals surface area contributed by atoms with E-state index in [4.69, 9.17) is 0 Å². The number of allylic oxidation sites excluding steroid dienone is 4. The molecular weight excluding hydrogens is 294 g/mol. The van der Waals surface area contributed by atoms with Crippen LogP contribution in [0.15, 0.2) is 20.5 Å². The van der Waals surface area contributed by atoms with Crippen LogP contribution in [0.25, 0.3) is 0 Å².